The molecule has 2 N–H and O–H groups in total. The summed E-state index contributed by atoms with van der Waals surface area (Å²) >= 11 is 5.40. The molecule has 18 heavy (non-hydrogen) atoms. The second-order valence-electron chi connectivity index (χ2n) is 4.70. The number of thiophene rings is 1. The number of anilines is 2. The lowest BCUT2D eigenvalue weighted by Crippen LogP contribution is -2.19. The predicted octanol–water partition coefficient (Wildman–Crippen LogP) is 3.96. The quantitative estimate of drug-likeness (QED) is 0.848. The lowest BCUT2D eigenvalue weighted by atomic mass is 10.1. The average molecular weight is 323 g/mol. The van der Waals surface area contributed by atoms with Crippen LogP contribution >= 0.6 is 27.3 Å². The first-order valence-electron chi connectivity index (χ1n) is 6.01. The Morgan fingerprint density at radius 1 is 1.44 bits per heavy atom. The molecule has 0 atom stereocenters. The molecule has 0 bridgehead atoms. The maximum absolute atomic E-state index is 6.03. The lowest BCUT2D eigenvalue weighted by molar-refractivity contribution is 0.844. The van der Waals surface area contributed by atoms with Crippen LogP contribution in [0.4, 0.5) is 11.4 Å². The zero-order valence-corrected chi connectivity index (χ0v) is 12.6. The molecular weight excluding hydrogens is 308 g/mol. The summed E-state index contributed by atoms with van der Waals surface area (Å²) in [4.78, 5) is 3.80. The molecule has 0 spiro atoms. The Hall–Kier alpha value is -1.00. The second kappa shape index (κ2) is 4.59. The normalized spacial score (nSPS) is 14.0. The van der Waals surface area contributed by atoms with Crippen LogP contribution in [0, 0.1) is 6.92 Å². The Morgan fingerprint density at radius 3 is 3.00 bits per heavy atom. The van der Waals surface area contributed by atoms with E-state index in [1.165, 1.54) is 26.2 Å². The molecule has 1 aromatic heterocycles. The minimum Gasteiger partial charge on any atom is -0.398 e. The van der Waals surface area contributed by atoms with Gasteiger partial charge in [-0.25, -0.2) is 0 Å². The molecule has 1 aliphatic heterocycles. The van der Waals surface area contributed by atoms with Crippen LogP contribution in [0.5, 0.6) is 0 Å². The number of nitrogens with two attached hydrogens (primary N) is 1. The van der Waals surface area contributed by atoms with Crippen LogP contribution in [0.1, 0.15) is 16.0 Å². The molecule has 1 aliphatic rings. The van der Waals surface area contributed by atoms with Crippen molar-refractivity contribution in [1.29, 1.82) is 0 Å². The molecule has 94 valence electrons. The molecule has 0 saturated heterocycles. The molecular formula is C14H15BrN2S. The zero-order valence-electron chi connectivity index (χ0n) is 10.2. The van der Waals surface area contributed by atoms with Gasteiger partial charge in [0.1, 0.15) is 0 Å². The molecule has 0 fully saturated rings. The number of hydrogen-bond acceptors (Lipinski definition) is 3. The van der Waals surface area contributed by atoms with Gasteiger partial charge in [-0.05, 0) is 57.9 Å². The summed E-state index contributed by atoms with van der Waals surface area (Å²) in [6.07, 6.45) is 1.12. The van der Waals surface area contributed by atoms with Gasteiger partial charge in [-0.15, -0.1) is 11.3 Å². The van der Waals surface area contributed by atoms with Crippen molar-refractivity contribution in [2.24, 2.45) is 0 Å². The third kappa shape index (κ3) is 2.04. The molecule has 0 radical (unpaired) electrons. The van der Waals surface area contributed by atoms with Gasteiger partial charge >= 0.3 is 0 Å². The van der Waals surface area contributed by atoms with Crippen LogP contribution in [-0.2, 0) is 13.0 Å². The van der Waals surface area contributed by atoms with E-state index in [-0.39, 0.29) is 0 Å². The highest BCUT2D eigenvalue weighted by molar-refractivity contribution is 9.10. The smallest absolute Gasteiger partial charge is 0.0534 e. The molecule has 3 rings (SSSR count). The van der Waals surface area contributed by atoms with Crippen molar-refractivity contribution in [3.8, 4) is 0 Å². The maximum Gasteiger partial charge on any atom is 0.0534 e. The van der Waals surface area contributed by atoms with Gasteiger partial charge in [0.05, 0.1) is 6.54 Å². The monoisotopic (exact) mass is 322 g/mol. The van der Waals surface area contributed by atoms with Gasteiger partial charge in [0.2, 0.25) is 0 Å². The standard InChI is InChI=1S/C14H15BrN2S/c1-9-6-10-2-4-17(13(10)7-12(9)16)8-14-11(15)3-5-18-14/h3,5-7H,2,4,8,16H2,1H3. The van der Waals surface area contributed by atoms with Gasteiger partial charge in [-0.3, -0.25) is 0 Å². The molecule has 0 unspecified atom stereocenters. The molecule has 1 aromatic carbocycles. The van der Waals surface area contributed by atoms with Crippen molar-refractivity contribution in [1.82, 2.24) is 0 Å². The van der Waals surface area contributed by atoms with Crippen molar-refractivity contribution in [3.05, 3.63) is 44.1 Å². The minimum atomic E-state index is 0.894. The number of nitrogens with zero attached hydrogens (tertiary/aromatic N) is 1. The zero-order chi connectivity index (χ0) is 12.7. The Kier molecular flexibility index (Phi) is 3.08. The number of nitrogen functional groups attached to an aromatic ring is 1. The number of hydrogen-bond donors (Lipinski definition) is 1. The van der Waals surface area contributed by atoms with E-state index in [1.54, 1.807) is 11.3 Å². The highest BCUT2D eigenvalue weighted by atomic mass is 79.9. The molecule has 0 amide bonds. The van der Waals surface area contributed by atoms with E-state index < -0.39 is 0 Å². The van der Waals surface area contributed by atoms with E-state index in [9.17, 15) is 0 Å². The summed E-state index contributed by atoms with van der Waals surface area (Å²) in [5.41, 5.74) is 10.8. The summed E-state index contributed by atoms with van der Waals surface area (Å²) < 4.78 is 1.21. The summed E-state index contributed by atoms with van der Waals surface area (Å²) in [5, 5.41) is 2.12. The summed E-state index contributed by atoms with van der Waals surface area (Å²) in [6, 6.07) is 6.47. The minimum absolute atomic E-state index is 0.894. The summed E-state index contributed by atoms with van der Waals surface area (Å²) in [7, 11) is 0. The van der Waals surface area contributed by atoms with Crippen molar-refractivity contribution in [2.45, 2.75) is 19.9 Å². The first kappa shape index (κ1) is 12.1. The van der Waals surface area contributed by atoms with Crippen molar-refractivity contribution in [3.63, 3.8) is 0 Å². The number of aryl methyl sites for hydroxylation is 1. The van der Waals surface area contributed by atoms with Gasteiger partial charge in [0.15, 0.2) is 0 Å². The molecule has 0 aliphatic carbocycles. The fraction of sp³-hybridized carbons (Fsp3) is 0.286. The van der Waals surface area contributed by atoms with E-state index in [0.717, 1.165) is 25.2 Å². The van der Waals surface area contributed by atoms with Gasteiger partial charge in [-0.1, -0.05) is 6.07 Å². The van der Waals surface area contributed by atoms with Gasteiger partial charge in [-0.2, -0.15) is 0 Å². The van der Waals surface area contributed by atoms with Crippen LogP contribution in [-0.4, -0.2) is 6.54 Å². The summed E-state index contributed by atoms with van der Waals surface area (Å²) in [6.45, 7) is 4.13. The SMILES string of the molecule is Cc1cc2c(cc1N)N(Cc1sccc1Br)CC2. The van der Waals surface area contributed by atoms with E-state index >= 15 is 0 Å². The Balaban J connectivity index is 1.91. The number of halogens is 1. The predicted molar refractivity (Wildman–Crippen MR) is 82.4 cm³/mol. The fourth-order valence-electron chi connectivity index (χ4n) is 2.42. The third-order valence-corrected chi connectivity index (χ3v) is 5.40. The topological polar surface area (TPSA) is 29.3 Å². The van der Waals surface area contributed by atoms with Crippen molar-refractivity contribution < 1.29 is 0 Å². The van der Waals surface area contributed by atoms with E-state index in [0.29, 0.717) is 0 Å². The number of fused-ring (bicyclic) bond motifs is 1. The average Bonchev–Trinajstić information content (AvgIpc) is 2.90. The highest BCUT2D eigenvalue weighted by Crippen LogP contribution is 2.34. The van der Waals surface area contributed by atoms with Gasteiger partial charge in [0, 0.05) is 27.3 Å². The Bertz CT molecular complexity index is 591. The third-order valence-electron chi connectivity index (χ3n) is 3.48. The molecule has 2 nitrogen and oxygen atoms in total. The molecule has 4 heteroatoms. The largest absolute Gasteiger partial charge is 0.398 e. The maximum atomic E-state index is 6.03. The lowest BCUT2D eigenvalue weighted by Gasteiger charge is -2.19. The highest BCUT2D eigenvalue weighted by Gasteiger charge is 2.21. The fourth-order valence-corrected chi connectivity index (χ4v) is 3.91. The Labute approximate surface area is 120 Å². The Morgan fingerprint density at radius 2 is 2.28 bits per heavy atom. The first-order chi connectivity index (χ1) is 8.65. The van der Waals surface area contributed by atoms with Crippen LogP contribution in [0.3, 0.4) is 0 Å². The van der Waals surface area contributed by atoms with Crippen LogP contribution in [0.25, 0.3) is 0 Å². The number of rotatable bonds is 2. The molecule has 0 saturated carbocycles. The molecule has 2 heterocycles. The van der Waals surface area contributed by atoms with Crippen LogP contribution in [0.2, 0.25) is 0 Å². The first-order valence-corrected chi connectivity index (χ1v) is 7.68. The van der Waals surface area contributed by atoms with Gasteiger partial charge < -0.3 is 10.6 Å². The number of benzene rings is 1. The van der Waals surface area contributed by atoms with Crippen LogP contribution in [0.15, 0.2) is 28.1 Å². The summed E-state index contributed by atoms with van der Waals surface area (Å²) in [5.74, 6) is 0. The van der Waals surface area contributed by atoms with Crippen LogP contribution < -0.4 is 10.6 Å². The van der Waals surface area contributed by atoms with Gasteiger partial charge in [0.25, 0.3) is 0 Å². The van der Waals surface area contributed by atoms with E-state index in [2.05, 4.69) is 51.3 Å². The van der Waals surface area contributed by atoms with E-state index in [4.69, 9.17) is 5.73 Å². The van der Waals surface area contributed by atoms with E-state index in [1.807, 2.05) is 0 Å². The molecule has 2 aromatic rings. The van der Waals surface area contributed by atoms with Crippen molar-refractivity contribution in [2.75, 3.05) is 17.2 Å². The second-order valence-corrected chi connectivity index (χ2v) is 6.56. The van der Waals surface area contributed by atoms with Crippen molar-refractivity contribution >= 4 is 38.6 Å².